The average Bonchev–Trinajstić information content (AvgIpc) is 3.27. The Kier molecular flexibility index (Phi) is 5.38. The fourth-order valence-electron chi connectivity index (χ4n) is 3.89. The maximum absolute atomic E-state index is 13.4. The molecule has 0 N–H and O–H groups in total. The lowest BCUT2D eigenvalue weighted by Crippen LogP contribution is -2.37. The van der Waals surface area contributed by atoms with Gasteiger partial charge in [0.25, 0.3) is 5.91 Å². The molecule has 0 aromatic carbocycles. The van der Waals surface area contributed by atoms with Crippen LogP contribution in [0.2, 0.25) is 0 Å². The molecule has 3 aromatic rings. The summed E-state index contributed by atoms with van der Waals surface area (Å²) in [6.07, 6.45) is 5.59. The quantitative estimate of drug-likeness (QED) is 0.652. The first-order valence-electron chi connectivity index (χ1n) is 9.42. The fraction of sp³-hybridized carbons (Fsp3) is 0.350. The van der Waals surface area contributed by atoms with Gasteiger partial charge in [-0.05, 0) is 18.2 Å². The third kappa shape index (κ3) is 3.65. The Hall–Kier alpha value is -2.71. The first-order valence-corrected chi connectivity index (χ1v) is 9.42. The summed E-state index contributed by atoms with van der Waals surface area (Å²) < 4.78 is 20.4. The smallest absolute Gasteiger partial charge is 0.258 e. The van der Waals surface area contributed by atoms with Gasteiger partial charge in [0.15, 0.2) is 0 Å². The SMILES string of the molecule is Cl.O=C1c2c(N3CCOCC3)ccnc2CN1CCc1cn2cc(F)ccc2n1. The largest absolute Gasteiger partial charge is 0.378 e. The molecule has 0 unspecified atom stereocenters. The summed E-state index contributed by atoms with van der Waals surface area (Å²) in [7, 11) is 0. The highest BCUT2D eigenvalue weighted by Gasteiger charge is 2.32. The lowest BCUT2D eigenvalue weighted by atomic mass is 10.1. The molecule has 1 saturated heterocycles. The molecule has 1 amide bonds. The molecular weight excluding hydrogens is 397 g/mol. The zero-order valence-corrected chi connectivity index (χ0v) is 16.6. The highest BCUT2D eigenvalue weighted by atomic mass is 35.5. The van der Waals surface area contributed by atoms with E-state index in [-0.39, 0.29) is 24.1 Å². The number of carbonyl (C=O) groups excluding carboxylic acids is 1. The van der Waals surface area contributed by atoms with Crippen LogP contribution >= 0.6 is 12.4 Å². The number of anilines is 1. The molecule has 2 aliphatic heterocycles. The van der Waals surface area contributed by atoms with E-state index in [1.54, 1.807) is 16.7 Å². The Morgan fingerprint density at radius 3 is 2.79 bits per heavy atom. The van der Waals surface area contributed by atoms with Gasteiger partial charge >= 0.3 is 0 Å². The lowest BCUT2D eigenvalue weighted by Gasteiger charge is -2.30. The van der Waals surface area contributed by atoms with Crippen molar-refractivity contribution in [3.8, 4) is 0 Å². The molecule has 0 radical (unpaired) electrons. The molecule has 0 aliphatic carbocycles. The number of imidazole rings is 1. The second-order valence-corrected chi connectivity index (χ2v) is 7.07. The average molecular weight is 418 g/mol. The minimum absolute atomic E-state index is 0. The minimum Gasteiger partial charge on any atom is -0.378 e. The van der Waals surface area contributed by atoms with Crippen LogP contribution in [0.1, 0.15) is 21.7 Å². The van der Waals surface area contributed by atoms with Crippen molar-refractivity contribution in [2.24, 2.45) is 0 Å². The van der Waals surface area contributed by atoms with E-state index in [2.05, 4.69) is 14.9 Å². The van der Waals surface area contributed by atoms with Crippen molar-refractivity contribution < 1.29 is 13.9 Å². The number of pyridine rings is 2. The molecule has 0 saturated carbocycles. The maximum Gasteiger partial charge on any atom is 0.258 e. The van der Waals surface area contributed by atoms with E-state index < -0.39 is 0 Å². The van der Waals surface area contributed by atoms with Crippen LogP contribution < -0.4 is 4.90 Å². The summed E-state index contributed by atoms with van der Waals surface area (Å²) in [5.74, 6) is -0.289. The van der Waals surface area contributed by atoms with Crippen molar-refractivity contribution >= 4 is 29.6 Å². The van der Waals surface area contributed by atoms with Gasteiger partial charge in [0.1, 0.15) is 11.5 Å². The zero-order valence-electron chi connectivity index (χ0n) is 15.8. The van der Waals surface area contributed by atoms with Gasteiger partial charge in [-0.3, -0.25) is 9.78 Å². The second kappa shape index (κ2) is 7.96. The van der Waals surface area contributed by atoms with Gasteiger partial charge < -0.3 is 18.9 Å². The predicted octanol–water partition coefficient (Wildman–Crippen LogP) is 2.33. The summed E-state index contributed by atoms with van der Waals surface area (Å²) in [5.41, 5.74) is 4.01. The molecule has 9 heteroatoms. The van der Waals surface area contributed by atoms with Gasteiger partial charge in [-0.15, -0.1) is 12.4 Å². The predicted molar refractivity (Wildman–Crippen MR) is 108 cm³/mol. The number of rotatable bonds is 4. The van der Waals surface area contributed by atoms with E-state index in [0.717, 1.165) is 30.2 Å². The summed E-state index contributed by atoms with van der Waals surface area (Å²) in [5, 5.41) is 0. The number of aromatic nitrogens is 3. The van der Waals surface area contributed by atoms with Gasteiger partial charge in [-0.25, -0.2) is 9.37 Å². The molecular formula is C20H21ClFN5O2. The number of morpholine rings is 1. The first-order chi connectivity index (χ1) is 13.7. The molecule has 3 aromatic heterocycles. The zero-order chi connectivity index (χ0) is 19.1. The maximum atomic E-state index is 13.4. The van der Waals surface area contributed by atoms with Crippen LogP contribution in [-0.2, 0) is 17.7 Å². The highest BCUT2D eigenvalue weighted by Crippen LogP contribution is 2.30. The highest BCUT2D eigenvalue weighted by molar-refractivity contribution is 6.03. The topological polar surface area (TPSA) is 63.0 Å². The molecule has 0 bridgehead atoms. The molecule has 2 aliphatic rings. The van der Waals surface area contributed by atoms with Crippen molar-refractivity contribution in [2.75, 3.05) is 37.7 Å². The van der Waals surface area contributed by atoms with E-state index in [0.29, 0.717) is 43.9 Å². The van der Waals surface area contributed by atoms with Crippen molar-refractivity contribution in [3.63, 3.8) is 0 Å². The van der Waals surface area contributed by atoms with Crippen LogP contribution in [0.4, 0.5) is 10.1 Å². The molecule has 29 heavy (non-hydrogen) atoms. The molecule has 0 spiro atoms. The summed E-state index contributed by atoms with van der Waals surface area (Å²) >= 11 is 0. The van der Waals surface area contributed by atoms with Crippen molar-refractivity contribution in [3.05, 3.63) is 59.6 Å². The molecule has 5 heterocycles. The third-order valence-corrected chi connectivity index (χ3v) is 5.30. The van der Waals surface area contributed by atoms with E-state index in [9.17, 15) is 9.18 Å². The molecule has 5 rings (SSSR count). The third-order valence-electron chi connectivity index (χ3n) is 5.30. The van der Waals surface area contributed by atoms with Crippen LogP contribution in [0.3, 0.4) is 0 Å². The normalized spacial score (nSPS) is 16.2. The Labute approximate surface area is 173 Å². The van der Waals surface area contributed by atoms with Crippen molar-refractivity contribution in [1.82, 2.24) is 19.3 Å². The Balaban J connectivity index is 0.00000205. The Morgan fingerprint density at radius 2 is 1.97 bits per heavy atom. The number of amides is 1. The summed E-state index contributed by atoms with van der Waals surface area (Å²) in [6.45, 7) is 3.95. The van der Waals surface area contributed by atoms with Crippen LogP contribution in [0.15, 0.2) is 36.8 Å². The van der Waals surface area contributed by atoms with Gasteiger partial charge in [0.05, 0.1) is 42.4 Å². The van der Waals surface area contributed by atoms with E-state index in [1.165, 1.54) is 12.3 Å². The molecule has 7 nitrogen and oxygen atoms in total. The van der Waals surface area contributed by atoms with Gasteiger partial charge in [-0.2, -0.15) is 0 Å². The monoisotopic (exact) mass is 417 g/mol. The van der Waals surface area contributed by atoms with Gasteiger partial charge in [0.2, 0.25) is 0 Å². The summed E-state index contributed by atoms with van der Waals surface area (Å²) in [6, 6.07) is 4.96. The Morgan fingerprint density at radius 1 is 1.14 bits per heavy atom. The number of fused-ring (bicyclic) bond motifs is 2. The van der Waals surface area contributed by atoms with Crippen molar-refractivity contribution in [2.45, 2.75) is 13.0 Å². The van der Waals surface area contributed by atoms with Crippen LogP contribution in [0.25, 0.3) is 5.65 Å². The van der Waals surface area contributed by atoms with E-state index in [4.69, 9.17) is 4.74 Å². The number of nitrogens with zero attached hydrogens (tertiary/aromatic N) is 5. The van der Waals surface area contributed by atoms with E-state index in [1.807, 2.05) is 17.2 Å². The van der Waals surface area contributed by atoms with Crippen LogP contribution in [-0.4, -0.2) is 58.0 Å². The number of ether oxygens (including phenoxy) is 1. The fourth-order valence-corrected chi connectivity index (χ4v) is 3.89. The first kappa shape index (κ1) is 19.6. The van der Waals surface area contributed by atoms with Gasteiger partial charge in [-0.1, -0.05) is 0 Å². The number of halogens is 2. The molecule has 0 atom stereocenters. The Bertz CT molecular complexity index is 1050. The number of hydrogen-bond donors (Lipinski definition) is 0. The van der Waals surface area contributed by atoms with Crippen LogP contribution in [0, 0.1) is 5.82 Å². The van der Waals surface area contributed by atoms with Crippen LogP contribution in [0.5, 0.6) is 0 Å². The molecule has 152 valence electrons. The standard InChI is InChI=1S/C20H20FN5O2.ClH/c21-14-1-2-18-23-15(12-26(18)11-14)4-6-25-13-16-19(20(25)27)17(3-5-22-16)24-7-9-28-10-8-24;/h1-3,5,11-12H,4,6-10,13H2;1H. The number of carbonyl (C=O) groups is 1. The van der Waals surface area contributed by atoms with Crippen molar-refractivity contribution in [1.29, 1.82) is 0 Å². The van der Waals surface area contributed by atoms with E-state index >= 15 is 0 Å². The summed E-state index contributed by atoms with van der Waals surface area (Å²) in [4.78, 5) is 26.0. The minimum atomic E-state index is -0.302. The molecule has 1 fully saturated rings. The van der Waals surface area contributed by atoms with Gasteiger partial charge in [0, 0.05) is 44.6 Å². The second-order valence-electron chi connectivity index (χ2n) is 7.07. The lowest BCUT2D eigenvalue weighted by molar-refractivity contribution is 0.0779. The number of hydrogen-bond acceptors (Lipinski definition) is 5.